The number of nitrogens with one attached hydrogen (secondary N) is 1. The van der Waals surface area contributed by atoms with E-state index in [0.29, 0.717) is 60.8 Å². The molecule has 8 rings (SSSR count). The van der Waals surface area contributed by atoms with Crippen molar-refractivity contribution in [2.45, 2.75) is 81.7 Å². The maximum atomic E-state index is 14.0. The Hall–Kier alpha value is -5.10. The Morgan fingerprint density at radius 3 is 2.50 bits per heavy atom. The number of hydrogen-bond donors (Lipinski definition) is 3. The zero-order valence-corrected chi connectivity index (χ0v) is 29.4. The van der Waals surface area contributed by atoms with Crippen LogP contribution in [0.1, 0.15) is 81.3 Å². The van der Waals surface area contributed by atoms with Crippen molar-refractivity contribution in [3.63, 3.8) is 0 Å². The number of amides is 2. The number of imide groups is 1. The number of para-hydroxylation sites is 2. The number of aromatic nitrogens is 3. The van der Waals surface area contributed by atoms with Crippen molar-refractivity contribution in [1.29, 1.82) is 0 Å². The van der Waals surface area contributed by atoms with Crippen LogP contribution >= 0.6 is 0 Å². The van der Waals surface area contributed by atoms with Crippen LogP contribution in [0.4, 0.5) is 15.9 Å². The van der Waals surface area contributed by atoms with Gasteiger partial charge in [-0.3, -0.25) is 19.9 Å². The van der Waals surface area contributed by atoms with Gasteiger partial charge in [0.15, 0.2) is 17.4 Å². The van der Waals surface area contributed by atoms with Crippen LogP contribution in [-0.4, -0.2) is 74.8 Å². The lowest BCUT2D eigenvalue weighted by molar-refractivity contribution is -0.137. The van der Waals surface area contributed by atoms with E-state index in [4.69, 9.17) is 10.5 Å². The first-order valence-corrected chi connectivity index (χ1v) is 18.4. The van der Waals surface area contributed by atoms with Gasteiger partial charge in [0.05, 0.1) is 23.6 Å². The molecule has 4 aliphatic rings. The molecule has 4 aromatic rings. The molecule has 5 heterocycles. The molecule has 52 heavy (non-hydrogen) atoms. The second kappa shape index (κ2) is 13.8. The molecule has 270 valence electrons. The second-order valence-electron chi connectivity index (χ2n) is 14.8. The molecule has 1 atom stereocenters. The average Bonchev–Trinajstić information content (AvgIpc) is 3.17. The summed E-state index contributed by atoms with van der Waals surface area (Å²) in [7, 11) is 0. The molecule has 2 aromatic heterocycles. The van der Waals surface area contributed by atoms with Gasteiger partial charge in [-0.2, -0.15) is 0 Å². The lowest BCUT2D eigenvalue weighted by Gasteiger charge is -2.46. The summed E-state index contributed by atoms with van der Waals surface area (Å²) in [5.74, 6) is 0.263. The van der Waals surface area contributed by atoms with E-state index in [1.807, 2.05) is 13.0 Å². The summed E-state index contributed by atoms with van der Waals surface area (Å²) in [6.07, 6.45) is 9.14. The number of carbonyl (C=O) groups excluding carboxylic acids is 2. The van der Waals surface area contributed by atoms with Crippen molar-refractivity contribution < 1.29 is 23.8 Å². The highest BCUT2D eigenvalue weighted by Gasteiger charge is 2.46. The summed E-state index contributed by atoms with van der Waals surface area (Å²) in [5.41, 5.74) is 10.7. The minimum atomic E-state index is -0.783. The smallest absolute Gasteiger partial charge is 0.252 e. The lowest BCUT2D eigenvalue weighted by atomic mass is 9.79. The number of likely N-dealkylation sites (tertiary alicyclic amines) is 1. The number of nitrogen functional groups attached to an aromatic ring is 1. The number of piperidine rings is 2. The Morgan fingerprint density at radius 2 is 1.71 bits per heavy atom. The monoisotopic (exact) mass is 705 g/mol. The number of phenols is 1. The molecule has 1 aliphatic carbocycles. The molecular weight excluding hydrogens is 661 g/mol. The van der Waals surface area contributed by atoms with Crippen molar-refractivity contribution >= 4 is 23.3 Å². The van der Waals surface area contributed by atoms with Gasteiger partial charge in [-0.05, 0) is 124 Å². The van der Waals surface area contributed by atoms with Crippen LogP contribution in [0.25, 0.3) is 22.5 Å². The van der Waals surface area contributed by atoms with Crippen LogP contribution in [0, 0.1) is 5.82 Å². The van der Waals surface area contributed by atoms with Gasteiger partial charge in [0.25, 0.3) is 5.91 Å². The first kappa shape index (κ1) is 34.0. The van der Waals surface area contributed by atoms with Gasteiger partial charge in [-0.25, -0.2) is 4.39 Å². The van der Waals surface area contributed by atoms with Crippen LogP contribution in [0.3, 0.4) is 0 Å². The number of carbonyl (C=O) groups is 2. The molecule has 0 unspecified atom stereocenters. The SMILES string of the molecule is C[C@@]1(N2CCOc3c2cccc3[C@H]2CC[C@H](N3CCC(c4ccnc(-c5cc(-c6cccc(F)c6O)nnc5N)c4)CC3)CC2)CCC(=O)NC1=O. The number of rotatable bonds is 6. The van der Waals surface area contributed by atoms with Gasteiger partial charge in [0, 0.05) is 29.8 Å². The number of benzene rings is 2. The standard InChI is InChI=1S/C40H44FN7O4/c1-40(16-12-35(49)44-39(40)51)48-20-21-52-37-28(4-3-7-34(37)48)25-8-10-27(11-9-25)47-18-14-24(15-19-47)26-13-17-43-32(22-26)30-23-33(45-46-38(30)42)29-5-2-6-31(41)36(29)50/h2-7,13,17,22-25,27,50H,8-12,14-16,18-21H2,1H3,(H2,42,46)(H,44,49,51)/t25-,27-,40-/m1/s1. The number of pyridine rings is 1. The molecule has 1 saturated carbocycles. The van der Waals surface area contributed by atoms with Crippen molar-refractivity contribution in [3.8, 4) is 34.0 Å². The summed E-state index contributed by atoms with van der Waals surface area (Å²) in [4.78, 5) is 34.3. The lowest BCUT2D eigenvalue weighted by Crippen LogP contribution is -2.63. The van der Waals surface area contributed by atoms with Gasteiger partial charge in [0.2, 0.25) is 5.91 Å². The number of aromatic hydroxyl groups is 1. The van der Waals surface area contributed by atoms with E-state index < -0.39 is 17.1 Å². The summed E-state index contributed by atoms with van der Waals surface area (Å²) < 4.78 is 20.4. The molecule has 12 heteroatoms. The van der Waals surface area contributed by atoms with E-state index in [-0.39, 0.29) is 23.2 Å². The number of anilines is 2. The zero-order chi connectivity index (χ0) is 36.0. The van der Waals surface area contributed by atoms with E-state index >= 15 is 0 Å². The molecule has 3 aliphatic heterocycles. The molecular formula is C40H44FN7O4. The highest BCUT2D eigenvalue weighted by Crippen LogP contribution is 2.47. The minimum absolute atomic E-state index is 0.206. The Bertz CT molecular complexity index is 2010. The Morgan fingerprint density at radius 1 is 0.923 bits per heavy atom. The maximum absolute atomic E-state index is 14.0. The molecule has 4 N–H and O–H groups in total. The van der Waals surface area contributed by atoms with E-state index in [9.17, 15) is 19.1 Å². The number of halogens is 1. The average molecular weight is 706 g/mol. The van der Waals surface area contributed by atoms with Gasteiger partial charge < -0.3 is 25.4 Å². The number of phenolic OH excluding ortho intramolecular Hbond substituents is 1. The zero-order valence-electron chi connectivity index (χ0n) is 29.4. The van der Waals surface area contributed by atoms with Gasteiger partial charge >= 0.3 is 0 Å². The van der Waals surface area contributed by atoms with Crippen molar-refractivity contribution in [1.82, 2.24) is 25.4 Å². The predicted molar refractivity (Wildman–Crippen MR) is 195 cm³/mol. The quantitative estimate of drug-likeness (QED) is 0.206. The Labute approximate surface area is 302 Å². The second-order valence-corrected chi connectivity index (χ2v) is 14.8. The number of ether oxygens (including phenoxy) is 1. The first-order chi connectivity index (χ1) is 25.2. The summed E-state index contributed by atoms with van der Waals surface area (Å²) >= 11 is 0. The van der Waals surface area contributed by atoms with E-state index in [1.54, 1.807) is 18.3 Å². The normalized spacial score (nSPS) is 24.2. The minimum Gasteiger partial charge on any atom is -0.504 e. The third-order valence-electron chi connectivity index (χ3n) is 11.9. The first-order valence-electron chi connectivity index (χ1n) is 18.4. The van der Waals surface area contributed by atoms with Gasteiger partial charge in [-0.15, -0.1) is 10.2 Å². The molecule has 2 aromatic carbocycles. The summed E-state index contributed by atoms with van der Waals surface area (Å²) in [6.45, 7) is 5.11. The Balaban J connectivity index is 0.907. The number of fused-ring (bicyclic) bond motifs is 1. The maximum Gasteiger partial charge on any atom is 0.252 e. The van der Waals surface area contributed by atoms with Crippen LogP contribution in [0.15, 0.2) is 60.8 Å². The van der Waals surface area contributed by atoms with Crippen molar-refractivity contribution in [3.05, 3.63) is 77.7 Å². The van der Waals surface area contributed by atoms with Crippen molar-refractivity contribution in [2.24, 2.45) is 0 Å². The van der Waals surface area contributed by atoms with Gasteiger partial charge in [0.1, 0.15) is 17.9 Å². The van der Waals surface area contributed by atoms with E-state index in [2.05, 4.69) is 54.6 Å². The molecule has 0 bridgehead atoms. The molecule has 3 fully saturated rings. The molecule has 0 spiro atoms. The van der Waals surface area contributed by atoms with E-state index in [0.717, 1.165) is 63.1 Å². The highest BCUT2D eigenvalue weighted by molar-refractivity contribution is 6.04. The summed E-state index contributed by atoms with van der Waals surface area (Å²) in [6, 6.07) is 17.0. The van der Waals surface area contributed by atoms with Crippen LogP contribution < -0.4 is 20.7 Å². The fourth-order valence-electron chi connectivity index (χ4n) is 8.82. The fraction of sp³-hybridized carbons (Fsp3) is 0.425. The fourth-order valence-corrected chi connectivity index (χ4v) is 8.82. The largest absolute Gasteiger partial charge is 0.504 e. The summed E-state index contributed by atoms with van der Waals surface area (Å²) in [5, 5.41) is 21.0. The molecule has 11 nitrogen and oxygen atoms in total. The van der Waals surface area contributed by atoms with E-state index in [1.165, 1.54) is 23.3 Å². The number of nitrogens with two attached hydrogens (primary N) is 1. The van der Waals surface area contributed by atoms with Crippen LogP contribution in [0.5, 0.6) is 11.5 Å². The third kappa shape index (κ3) is 6.23. The number of nitrogens with zero attached hydrogens (tertiary/aromatic N) is 5. The van der Waals surface area contributed by atoms with Crippen LogP contribution in [0.2, 0.25) is 0 Å². The number of hydrogen-bond acceptors (Lipinski definition) is 10. The predicted octanol–water partition coefficient (Wildman–Crippen LogP) is 5.93. The Kier molecular flexibility index (Phi) is 9.02. The topological polar surface area (TPSA) is 147 Å². The third-order valence-corrected chi connectivity index (χ3v) is 11.9. The molecule has 0 radical (unpaired) electrons. The van der Waals surface area contributed by atoms with Crippen molar-refractivity contribution in [2.75, 3.05) is 36.9 Å². The molecule has 2 saturated heterocycles. The van der Waals surface area contributed by atoms with Crippen LogP contribution in [-0.2, 0) is 9.59 Å². The van der Waals surface area contributed by atoms with Gasteiger partial charge in [-0.1, -0.05) is 18.2 Å². The highest BCUT2D eigenvalue weighted by atomic mass is 19.1. The molecule has 2 amide bonds.